The molecular weight excluding hydrogens is 393 g/mol. The van der Waals surface area contributed by atoms with E-state index in [4.69, 9.17) is 4.52 Å². The zero-order valence-corrected chi connectivity index (χ0v) is 18.3. The summed E-state index contributed by atoms with van der Waals surface area (Å²) < 4.78 is 18.5. The van der Waals surface area contributed by atoms with Gasteiger partial charge in [0.25, 0.3) is 5.91 Å². The normalized spacial score (nSPS) is 15.3. The van der Waals surface area contributed by atoms with Crippen molar-refractivity contribution in [3.63, 3.8) is 0 Å². The van der Waals surface area contributed by atoms with Gasteiger partial charge in [-0.1, -0.05) is 38.1 Å². The number of hydrogen-bond acceptors (Lipinski definition) is 4. The fourth-order valence-corrected chi connectivity index (χ4v) is 3.94. The van der Waals surface area contributed by atoms with Crippen LogP contribution in [0.5, 0.6) is 0 Å². The van der Waals surface area contributed by atoms with Crippen LogP contribution < -0.4 is 0 Å². The first-order valence-electron chi connectivity index (χ1n) is 10.8. The minimum Gasteiger partial charge on any atom is -0.339 e. The third kappa shape index (κ3) is 5.01. The summed E-state index contributed by atoms with van der Waals surface area (Å²) >= 11 is 0. The van der Waals surface area contributed by atoms with E-state index in [1.807, 2.05) is 29.2 Å². The molecule has 1 aromatic heterocycles. The molecular formula is C25H28FN3O2. The highest BCUT2D eigenvalue weighted by atomic mass is 19.1. The molecule has 0 N–H and O–H groups in total. The Kier molecular flexibility index (Phi) is 5.90. The number of piperidine rings is 1. The standard InChI is InChI=1S/C25H28FN3O2/c1-25(2,3)20-8-4-19(5-9-20)24(30)29-14-12-17(13-15-29)16-22-27-23(28-31-22)18-6-10-21(26)11-7-18/h4-11,17H,12-16H2,1-3H3. The molecule has 2 aromatic carbocycles. The molecule has 6 heteroatoms. The lowest BCUT2D eigenvalue weighted by atomic mass is 9.86. The van der Waals surface area contributed by atoms with Gasteiger partial charge >= 0.3 is 0 Å². The number of nitrogens with zero attached hydrogens (tertiary/aromatic N) is 3. The maximum Gasteiger partial charge on any atom is 0.253 e. The summed E-state index contributed by atoms with van der Waals surface area (Å²) in [5, 5.41) is 4.02. The first-order valence-corrected chi connectivity index (χ1v) is 10.8. The van der Waals surface area contributed by atoms with Crippen molar-refractivity contribution >= 4 is 5.91 Å². The van der Waals surface area contributed by atoms with Crippen LogP contribution in [0.15, 0.2) is 53.1 Å². The molecule has 0 atom stereocenters. The second kappa shape index (κ2) is 8.61. The van der Waals surface area contributed by atoms with Gasteiger partial charge < -0.3 is 9.42 Å². The minimum atomic E-state index is -0.293. The van der Waals surface area contributed by atoms with E-state index in [2.05, 4.69) is 30.9 Å². The van der Waals surface area contributed by atoms with E-state index >= 15 is 0 Å². The van der Waals surface area contributed by atoms with Crippen molar-refractivity contribution < 1.29 is 13.7 Å². The van der Waals surface area contributed by atoms with Crippen LogP contribution in [-0.4, -0.2) is 34.0 Å². The molecule has 1 saturated heterocycles. The molecule has 1 aliphatic rings. The van der Waals surface area contributed by atoms with Crippen LogP contribution in [0.1, 0.15) is 55.4 Å². The first kappa shape index (κ1) is 21.2. The summed E-state index contributed by atoms with van der Waals surface area (Å²) in [5.74, 6) is 1.26. The van der Waals surface area contributed by atoms with Gasteiger partial charge in [-0.2, -0.15) is 4.98 Å². The van der Waals surface area contributed by atoms with E-state index in [9.17, 15) is 9.18 Å². The van der Waals surface area contributed by atoms with Crippen LogP contribution >= 0.6 is 0 Å². The third-order valence-corrected chi connectivity index (χ3v) is 5.93. The Morgan fingerprint density at radius 3 is 2.32 bits per heavy atom. The van der Waals surface area contributed by atoms with Crippen LogP contribution in [0, 0.1) is 11.7 Å². The quantitative estimate of drug-likeness (QED) is 0.576. The van der Waals surface area contributed by atoms with Gasteiger partial charge in [0.1, 0.15) is 5.82 Å². The van der Waals surface area contributed by atoms with Crippen molar-refractivity contribution in [1.82, 2.24) is 15.0 Å². The largest absolute Gasteiger partial charge is 0.339 e. The van der Waals surface area contributed by atoms with Gasteiger partial charge in [0.2, 0.25) is 11.7 Å². The number of carbonyl (C=O) groups excluding carboxylic acids is 1. The van der Waals surface area contributed by atoms with Crippen LogP contribution in [0.2, 0.25) is 0 Å². The number of rotatable bonds is 4. The smallest absolute Gasteiger partial charge is 0.253 e. The maximum atomic E-state index is 13.1. The predicted molar refractivity (Wildman–Crippen MR) is 117 cm³/mol. The third-order valence-electron chi connectivity index (χ3n) is 5.93. The second-order valence-corrected chi connectivity index (χ2v) is 9.29. The molecule has 0 unspecified atom stereocenters. The fourth-order valence-electron chi connectivity index (χ4n) is 3.94. The Hall–Kier alpha value is -3.02. The lowest BCUT2D eigenvalue weighted by Gasteiger charge is -2.31. The Morgan fingerprint density at radius 2 is 1.71 bits per heavy atom. The van der Waals surface area contributed by atoms with Crippen LogP contribution in [0.25, 0.3) is 11.4 Å². The lowest BCUT2D eigenvalue weighted by Crippen LogP contribution is -2.39. The second-order valence-electron chi connectivity index (χ2n) is 9.29. The van der Waals surface area contributed by atoms with Crippen molar-refractivity contribution in [3.05, 3.63) is 71.4 Å². The van der Waals surface area contributed by atoms with E-state index in [1.54, 1.807) is 12.1 Å². The van der Waals surface area contributed by atoms with Gasteiger partial charge in [0, 0.05) is 30.6 Å². The van der Waals surface area contributed by atoms with Crippen molar-refractivity contribution in [2.45, 2.75) is 45.4 Å². The molecule has 0 saturated carbocycles. The zero-order valence-electron chi connectivity index (χ0n) is 18.3. The van der Waals surface area contributed by atoms with E-state index in [0.29, 0.717) is 24.1 Å². The number of benzene rings is 2. The molecule has 2 heterocycles. The summed E-state index contributed by atoms with van der Waals surface area (Å²) in [6, 6.07) is 14.0. The molecule has 1 amide bonds. The highest BCUT2D eigenvalue weighted by Crippen LogP contribution is 2.25. The number of likely N-dealkylation sites (tertiary alicyclic amines) is 1. The minimum absolute atomic E-state index is 0.0746. The van der Waals surface area contributed by atoms with Gasteiger partial charge in [-0.25, -0.2) is 4.39 Å². The topological polar surface area (TPSA) is 59.2 Å². The van der Waals surface area contributed by atoms with Crippen LogP contribution in [0.4, 0.5) is 4.39 Å². The molecule has 0 aliphatic carbocycles. The van der Waals surface area contributed by atoms with Crippen molar-refractivity contribution in [2.24, 2.45) is 5.92 Å². The fraction of sp³-hybridized carbons (Fsp3) is 0.400. The van der Waals surface area contributed by atoms with Gasteiger partial charge in [0.05, 0.1) is 0 Å². The molecule has 0 spiro atoms. The molecule has 1 aliphatic heterocycles. The summed E-state index contributed by atoms with van der Waals surface area (Å²) in [7, 11) is 0. The molecule has 5 nitrogen and oxygen atoms in total. The summed E-state index contributed by atoms with van der Waals surface area (Å²) in [6.45, 7) is 7.95. The number of carbonyl (C=O) groups is 1. The molecule has 162 valence electrons. The SMILES string of the molecule is CC(C)(C)c1ccc(C(=O)N2CCC(Cc3nc(-c4ccc(F)cc4)no3)CC2)cc1. The van der Waals surface area contributed by atoms with E-state index < -0.39 is 0 Å². The van der Waals surface area contributed by atoms with Crippen molar-refractivity contribution in [3.8, 4) is 11.4 Å². The van der Waals surface area contributed by atoms with E-state index in [0.717, 1.165) is 37.1 Å². The van der Waals surface area contributed by atoms with Crippen molar-refractivity contribution in [1.29, 1.82) is 0 Å². The summed E-state index contributed by atoms with van der Waals surface area (Å²) in [4.78, 5) is 19.3. The monoisotopic (exact) mass is 421 g/mol. The van der Waals surface area contributed by atoms with E-state index in [-0.39, 0.29) is 17.1 Å². The van der Waals surface area contributed by atoms with Gasteiger partial charge in [-0.15, -0.1) is 0 Å². The van der Waals surface area contributed by atoms with Crippen LogP contribution in [-0.2, 0) is 11.8 Å². The highest BCUT2D eigenvalue weighted by Gasteiger charge is 2.25. The Balaban J connectivity index is 1.32. The Bertz CT molecular complexity index is 1030. The Labute approximate surface area is 182 Å². The molecule has 4 rings (SSSR count). The summed E-state index contributed by atoms with van der Waals surface area (Å²) in [5.41, 5.74) is 2.77. The molecule has 31 heavy (non-hydrogen) atoms. The molecule has 0 bridgehead atoms. The Morgan fingerprint density at radius 1 is 1.06 bits per heavy atom. The lowest BCUT2D eigenvalue weighted by molar-refractivity contribution is 0.0687. The molecule has 1 fully saturated rings. The number of halogens is 1. The number of amides is 1. The van der Waals surface area contributed by atoms with Gasteiger partial charge in [-0.3, -0.25) is 4.79 Å². The van der Waals surface area contributed by atoms with Crippen molar-refractivity contribution in [2.75, 3.05) is 13.1 Å². The number of hydrogen-bond donors (Lipinski definition) is 0. The summed E-state index contributed by atoms with van der Waals surface area (Å²) in [6.07, 6.45) is 2.50. The van der Waals surface area contributed by atoms with Gasteiger partial charge in [-0.05, 0) is 66.1 Å². The molecule has 3 aromatic rings. The zero-order chi connectivity index (χ0) is 22.0. The average Bonchev–Trinajstić information content (AvgIpc) is 3.22. The molecule has 0 radical (unpaired) electrons. The van der Waals surface area contributed by atoms with Gasteiger partial charge in [0.15, 0.2) is 0 Å². The first-order chi connectivity index (χ1) is 14.8. The predicted octanol–water partition coefficient (Wildman–Crippen LogP) is 5.27. The highest BCUT2D eigenvalue weighted by molar-refractivity contribution is 5.94. The average molecular weight is 422 g/mol. The maximum absolute atomic E-state index is 13.1. The van der Waals surface area contributed by atoms with E-state index in [1.165, 1.54) is 17.7 Å². The van der Waals surface area contributed by atoms with Crippen LogP contribution in [0.3, 0.4) is 0 Å². The number of aromatic nitrogens is 2.